The van der Waals surface area contributed by atoms with Gasteiger partial charge in [-0.05, 0) is 0 Å². The summed E-state index contributed by atoms with van der Waals surface area (Å²) in [6, 6.07) is 0. The molecule has 0 amide bonds. The van der Waals surface area contributed by atoms with Crippen molar-refractivity contribution in [3.8, 4) is 0 Å². The monoisotopic (exact) mass is 741 g/mol. The van der Waals surface area contributed by atoms with Gasteiger partial charge < -0.3 is 0 Å². The van der Waals surface area contributed by atoms with Gasteiger partial charge in [0.15, 0.2) is 0 Å². The van der Waals surface area contributed by atoms with E-state index in [4.69, 9.17) is 0 Å². The first-order chi connectivity index (χ1) is 4.00. The van der Waals surface area contributed by atoms with Gasteiger partial charge in [-0.3, -0.25) is 0 Å². The summed E-state index contributed by atoms with van der Waals surface area (Å²) >= 11 is 19.0. The second kappa shape index (κ2) is 76.8. The molecule has 0 fully saturated rings. The number of rotatable bonds is 0. The first-order valence-corrected chi connectivity index (χ1v) is 19.7. The van der Waals surface area contributed by atoms with Crippen LogP contribution < -0.4 is 0 Å². The topological polar surface area (TPSA) is 0 Å². The maximum atomic E-state index is 2.56. The summed E-state index contributed by atoms with van der Waals surface area (Å²) in [6.45, 7) is 0. The van der Waals surface area contributed by atoms with Crippen molar-refractivity contribution < 1.29 is 21.1 Å². The Kier molecular flexibility index (Phi) is 249. The molecular formula is H4MoSe8. The van der Waals surface area contributed by atoms with Crippen LogP contribution in [0.4, 0.5) is 0 Å². The van der Waals surface area contributed by atoms with Crippen LogP contribution in [-0.4, -0.2) is 113 Å². The van der Waals surface area contributed by atoms with Crippen LogP contribution in [-0.2, 0) is 21.1 Å². The minimum absolute atomic E-state index is 0. The van der Waals surface area contributed by atoms with Crippen LogP contribution >= 0.6 is 0 Å². The summed E-state index contributed by atoms with van der Waals surface area (Å²) in [7, 11) is 0. The molecule has 0 unspecified atom stereocenters. The third kappa shape index (κ3) is 64.4. The van der Waals surface area contributed by atoms with Crippen molar-refractivity contribution in [1.82, 2.24) is 0 Å². The summed E-state index contributed by atoms with van der Waals surface area (Å²) in [6.07, 6.45) is 0. The van der Waals surface area contributed by atoms with Gasteiger partial charge in [0.05, 0.1) is 0 Å². The molecule has 0 aromatic heterocycles. The molecule has 58 valence electrons. The van der Waals surface area contributed by atoms with Gasteiger partial charge in [0.2, 0.25) is 0 Å². The predicted octanol–water partition coefficient (Wildman–Crippen LogP) is -4.12. The van der Waals surface area contributed by atoms with E-state index >= 15 is 0 Å². The molecule has 9 heavy (non-hydrogen) atoms. The summed E-state index contributed by atoms with van der Waals surface area (Å²) < 4.78 is 0. The molecule has 0 aliphatic rings. The fraction of sp³-hybridized carbons (Fsp3) is 0. The molecule has 0 atom stereocenters. The van der Waals surface area contributed by atoms with Gasteiger partial charge in [-0.15, -0.1) is 0 Å². The second-order valence-corrected chi connectivity index (χ2v) is 0. The van der Waals surface area contributed by atoms with E-state index in [0.717, 1.165) is 0 Å². The maximum absolute atomic E-state index is 2.56. The van der Waals surface area contributed by atoms with Crippen molar-refractivity contribution >= 4 is 113 Å². The van der Waals surface area contributed by atoms with Gasteiger partial charge in [-0.2, -0.15) is 0 Å². The van der Waals surface area contributed by atoms with Crippen molar-refractivity contribution in [1.29, 1.82) is 0 Å². The van der Waals surface area contributed by atoms with Gasteiger partial charge in [0.1, 0.15) is 0 Å². The van der Waals surface area contributed by atoms with Crippen molar-refractivity contribution in [2.75, 3.05) is 0 Å². The molecule has 0 aliphatic heterocycles. The standard InChI is InChI=1S/Mo.4H2Se2/c;4*1-2/h;4*1-2H/q+4;;;;/p-4. The average molecular weight is 732 g/mol. The van der Waals surface area contributed by atoms with E-state index in [1.807, 2.05) is 0 Å². The molecule has 0 radical (unpaired) electrons. The normalized spacial score (nSPS) is 2.67. The zero-order chi connectivity index (χ0) is 8.00. The van der Waals surface area contributed by atoms with E-state index in [0.29, 0.717) is 0 Å². The van der Waals surface area contributed by atoms with Gasteiger partial charge in [0.25, 0.3) is 0 Å². The van der Waals surface area contributed by atoms with Crippen molar-refractivity contribution in [3.05, 3.63) is 0 Å². The molecule has 0 saturated heterocycles. The molecule has 0 saturated carbocycles. The van der Waals surface area contributed by atoms with E-state index in [2.05, 4.69) is 113 Å². The van der Waals surface area contributed by atoms with Gasteiger partial charge >= 0.3 is 135 Å². The average Bonchev–Trinajstić information content (AvgIpc) is 2.03. The molecule has 0 spiro atoms. The molecule has 0 N–H and O–H groups in total. The Balaban J connectivity index is -0.00000000762. The zero-order valence-electron chi connectivity index (χ0n) is 3.83. The van der Waals surface area contributed by atoms with Crippen molar-refractivity contribution in [3.63, 3.8) is 0 Å². The van der Waals surface area contributed by atoms with Crippen LogP contribution in [0.1, 0.15) is 0 Å². The van der Waals surface area contributed by atoms with Gasteiger partial charge in [0, 0.05) is 0 Å². The summed E-state index contributed by atoms with van der Waals surface area (Å²) in [4.78, 5) is 0. The number of hydrogen-bond acceptors (Lipinski definition) is 0. The Labute approximate surface area is 131 Å². The second-order valence-electron chi connectivity index (χ2n) is 0. The molecule has 0 aromatic carbocycles. The Hall–Kier alpha value is 4.84. The molecule has 0 aromatic rings. The van der Waals surface area contributed by atoms with Gasteiger partial charge in [-0.25, -0.2) is 0 Å². The Morgan fingerprint density at radius 2 is 0.444 bits per heavy atom. The van der Waals surface area contributed by atoms with Crippen LogP contribution in [0.5, 0.6) is 0 Å². The van der Waals surface area contributed by atoms with Crippen LogP contribution in [0.2, 0.25) is 0 Å². The molecule has 0 aliphatic carbocycles. The summed E-state index contributed by atoms with van der Waals surface area (Å²) in [5.74, 6) is 0. The molecule has 0 rings (SSSR count). The van der Waals surface area contributed by atoms with E-state index in [9.17, 15) is 0 Å². The third-order valence-corrected chi connectivity index (χ3v) is 0. The Bertz CT molecular complexity index is 4.53. The van der Waals surface area contributed by atoms with Crippen LogP contribution in [0, 0.1) is 0 Å². The van der Waals surface area contributed by atoms with Crippen LogP contribution in [0.3, 0.4) is 0 Å². The zero-order valence-corrected chi connectivity index (χ0v) is 20.2. The fourth-order valence-electron chi connectivity index (χ4n) is 0. The predicted molar refractivity (Wildman–Crippen MR) is 51.6 cm³/mol. The van der Waals surface area contributed by atoms with Crippen LogP contribution in [0.15, 0.2) is 0 Å². The fourth-order valence-corrected chi connectivity index (χ4v) is 0. The molecule has 9 heteroatoms. The summed E-state index contributed by atoms with van der Waals surface area (Å²) in [5, 5.41) is 0. The van der Waals surface area contributed by atoms with Crippen LogP contribution in [0.25, 0.3) is 0 Å². The van der Waals surface area contributed by atoms with E-state index in [1.165, 1.54) is 0 Å². The SMILES string of the molecule is [Mo+4].[Se-][SeH].[Se-][SeH].[Se-][SeH].[Se-][SeH]. The Morgan fingerprint density at radius 3 is 0.444 bits per heavy atom. The quantitative estimate of drug-likeness (QED) is 0.223. The molecule has 0 heterocycles. The first kappa shape index (κ1) is 29.2. The van der Waals surface area contributed by atoms with Crippen molar-refractivity contribution in [2.45, 2.75) is 0 Å². The summed E-state index contributed by atoms with van der Waals surface area (Å²) in [5.41, 5.74) is 0. The molecule has 0 bridgehead atoms. The van der Waals surface area contributed by atoms with E-state index < -0.39 is 0 Å². The van der Waals surface area contributed by atoms with E-state index in [-0.39, 0.29) is 21.1 Å². The Morgan fingerprint density at radius 1 is 0.444 bits per heavy atom. The number of hydrogen-bond donors (Lipinski definition) is 0. The molecular weight excluding hydrogens is 728 g/mol. The minimum atomic E-state index is 0. The third-order valence-electron chi connectivity index (χ3n) is 0. The first-order valence-electron chi connectivity index (χ1n) is 0.730. The molecule has 0 nitrogen and oxygen atoms in total. The van der Waals surface area contributed by atoms with Gasteiger partial charge in [-0.1, -0.05) is 0 Å². The van der Waals surface area contributed by atoms with E-state index in [1.54, 1.807) is 0 Å². The van der Waals surface area contributed by atoms with Crippen molar-refractivity contribution in [2.24, 2.45) is 0 Å².